The monoisotopic (exact) mass is 372 g/mol. The van der Waals surface area contributed by atoms with Gasteiger partial charge < -0.3 is 10.2 Å². The molecule has 0 spiro atoms. The number of para-hydroxylation sites is 1. The largest absolute Gasteiger partial charge is 0.371 e. The Kier molecular flexibility index (Phi) is 5.33. The maximum absolute atomic E-state index is 12.5. The van der Waals surface area contributed by atoms with Crippen LogP contribution < -0.4 is 10.2 Å². The van der Waals surface area contributed by atoms with Crippen LogP contribution in [0.3, 0.4) is 0 Å². The minimum Gasteiger partial charge on any atom is -0.371 e. The smallest absolute Gasteiger partial charge is 0.251 e. The van der Waals surface area contributed by atoms with Crippen LogP contribution in [-0.4, -0.2) is 35.7 Å². The summed E-state index contributed by atoms with van der Waals surface area (Å²) in [6.07, 6.45) is 1.10. The molecule has 2 heterocycles. The Bertz CT molecular complexity index is 923. The summed E-state index contributed by atoms with van der Waals surface area (Å²) in [5, 5.41) is 11.4. The molecule has 1 aliphatic rings. The van der Waals surface area contributed by atoms with Crippen molar-refractivity contribution in [3.8, 4) is 11.3 Å². The van der Waals surface area contributed by atoms with Gasteiger partial charge in [-0.1, -0.05) is 30.3 Å². The lowest BCUT2D eigenvalue weighted by Crippen LogP contribution is -2.31. The van der Waals surface area contributed by atoms with E-state index in [-0.39, 0.29) is 5.91 Å². The van der Waals surface area contributed by atoms with Gasteiger partial charge in [0.2, 0.25) is 0 Å². The number of amides is 1. The third kappa shape index (κ3) is 4.19. The van der Waals surface area contributed by atoms with Gasteiger partial charge in [0.1, 0.15) is 0 Å². The Balaban J connectivity index is 1.31. The molecule has 28 heavy (non-hydrogen) atoms. The predicted octanol–water partition coefficient (Wildman–Crippen LogP) is 3.71. The van der Waals surface area contributed by atoms with Gasteiger partial charge in [0, 0.05) is 36.4 Å². The van der Waals surface area contributed by atoms with E-state index in [2.05, 4.69) is 44.7 Å². The van der Waals surface area contributed by atoms with Crippen LogP contribution in [0.1, 0.15) is 22.5 Å². The van der Waals surface area contributed by atoms with Gasteiger partial charge in [-0.15, -0.1) is 0 Å². The van der Waals surface area contributed by atoms with Crippen molar-refractivity contribution in [2.24, 2.45) is 5.92 Å². The first-order chi connectivity index (χ1) is 13.7. The molecule has 1 N–H and O–H groups in total. The van der Waals surface area contributed by atoms with E-state index in [4.69, 9.17) is 0 Å². The summed E-state index contributed by atoms with van der Waals surface area (Å²) in [5.41, 5.74) is 4.58. The maximum Gasteiger partial charge on any atom is 0.251 e. The van der Waals surface area contributed by atoms with E-state index in [1.54, 1.807) is 0 Å². The number of hydrogen-bond donors (Lipinski definition) is 1. The van der Waals surface area contributed by atoms with Gasteiger partial charge in [-0.2, -0.15) is 10.2 Å². The molecule has 1 amide bonds. The molecule has 2 aromatic carbocycles. The van der Waals surface area contributed by atoms with Crippen molar-refractivity contribution in [3.05, 3.63) is 78.0 Å². The second-order valence-electron chi connectivity index (χ2n) is 7.28. The van der Waals surface area contributed by atoms with E-state index in [1.165, 1.54) is 5.69 Å². The molecule has 1 aromatic heterocycles. The number of carbonyl (C=O) groups excluding carboxylic acids is 1. The summed E-state index contributed by atoms with van der Waals surface area (Å²) in [4.78, 5) is 14.9. The number of nitrogens with one attached hydrogen (secondary N) is 1. The molecule has 142 valence electrons. The predicted molar refractivity (Wildman–Crippen MR) is 111 cm³/mol. The fourth-order valence-electron chi connectivity index (χ4n) is 3.56. The summed E-state index contributed by atoms with van der Waals surface area (Å²) in [5.74, 6) is 0.450. The zero-order valence-electron chi connectivity index (χ0n) is 16.0. The quantitative estimate of drug-likeness (QED) is 0.742. The van der Waals surface area contributed by atoms with Crippen LogP contribution in [-0.2, 0) is 0 Å². The second-order valence-corrected chi connectivity index (χ2v) is 7.28. The summed E-state index contributed by atoms with van der Waals surface area (Å²) >= 11 is 0. The molecule has 1 aliphatic heterocycles. The molecule has 5 heteroatoms. The Morgan fingerprint density at radius 1 is 1.04 bits per heavy atom. The minimum absolute atomic E-state index is 0.0281. The number of anilines is 1. The lowest BCUT2D eigenvalue weighted by Gasteiger charge is -2.18. The van der Waals surface area contributed by atoms with Crippen LogP contribution in [0.5, 0.6) is 0 Å². The summed E-state index contributed by atoms with van der Waals surface area (Å²) in [6.45, 7) is 4.63. The number of hydrogen-bond acceptors (Lipinski definition) is 4. The highest BCUT2D eigenvalue weighted by Gasteiger charge is 2.23. The van der Waals surface area contributed by atoms with Gasteiger partial charge in [-0.3, -0.25) is 4.79 Å². The minimum atomic E-state index is -0.0281. The molecule has 1 fully saturated rings. The molecule has 0 bridgehead atoms. The van der Waals surface area contributed by atoms with Crippen LogP contribution in [0.25, 0.3) is 11.3 Å². The van der Waals surface area contributed by atoms with Crippen LogP contribution in [0.15, 0.2) is 66.7 Å². The Hall–Kier alpha value is -3.21. The van der Waals surface area contributed by atoms with Crippen LogP contribution in [0.2, 0.25) is 0 Å². The van der Waals surface area contributed by atoms with Gasteiger partial charge in [-0.05, 0) is 55.7 Å². The fraction of sp³-hybridized carbons (Fsp3) is 0.261. The first-order valence-corrected chi connectivity index (χ1v) is 9.68. The molecular weight excluding hydrogens is 348 g/mol. The number of aromatic nitrogens is 2. The van der Waals surface area contributed by atoms with Crippen LogP contribution >= 0.6 is 0 Å². The molecule has 5 nitrogen and oxygen atoms in total. The highest BCUT2D eigenvalue weighted by Crippen LogP contribution is 2.23. The molecule has 4 rings (SSSR count). The number of nitrogens with zero attached hydrogens (tertiary/aromatic N) is 3. The number of carbonyl (C=O) groups is 1. The Morgan fingerprint density at radius 2 is 1.82 bits per heavy atom. The highest BCUT2D eigenvalue weighted by molar-refractivity contribution is 5.94. The molecule has 1 saturated heterocycles. The van der Waals surface area contributed by atoms with Crippen LogP contribution in [0.4, 0.5) is 5.69 Å². The van der Waals surface area contributed by atoms with Gasteiger partial charge in [-0.25, -0.2) is 0 Å². The summed E-state index contributed by atoms with van der Waals surface area (Å²) in [7, 11) is 0. The van der Waals surface area contributed by atoms with Gasteiger partial charge in [0.15, 0.2) is 0 Å². The van der Waals surface area contributed by atoms with E-state index in [0.717, 1.165) is 36.5 Å². The van der Waals surface area contributed by atoms with Crippen LogP contribution in [0, 0.1) is 12.8 Å². The van der Waals surface area contributed by atoms with Crippen molar-refractivity contribution in [2.45, 2.75) is 13.3 Å². The highest BCUT2D eigenvalue weighted by atomic mass is 16.1. The van der Waals surface area contributed by atoms with Gasteiger partial charge in [0.25, 0.3) is 5.91 Å². The third-order valence-electron chi connectivity index (χ3n) is 5.20. The average molecular weight is 372 g/mol. The van der Waals surface area contributed by atoms with E-state index in [9.17, 15) is 4.79 Å². The molecule has 0 radical (unpaired) electrons. The molecule has 0 aliphatic carbocycles. The zero-order valence-corrected chi connectivity index (χ0v) is 16.0. The average Bonchev–Trinajstić information content (AvgIpc) is 3.22. The SMILES string of the molecule is Cc1ccc(-c2ccc(C(=O)NCC3CCN(c4ccccc4)C3)cc2)nn1. The summed E-state index contributed by atoms with van der Waals surface area (Å²) < 4.78 is 0. The van der Waals surface area contributed by atoms with Gasteiger partial charge >= 0.3 is 0 Å². The standard InChI is InChI=1S/C23H24N4O/c1-17-7-12-22(26-25-17)19-8-10-20(11-9-19)23(28)24-15-18-13-14-27(16-18)21-5-3-2-4-6-21/h2-12,18H,13-16H2,1H3,(H,24,28). The van der Waals surface area contributed by atoms with Crippen molar-refractivity contribution < 1.29 is 4.79 Å². The zero-order chi connectivity index (χ0) is 19.3. The Labute approximate surface area is 165 Å². The topological polar surface area (TPSA) is 58.1 Å². The third-order valence-corrected chi connectivity index (χ3v) is 5.20. The number of rotatable bonds is 5. The van der Waals surface area contributed by atoms with Crippen molar-refractivity contribution in [1.82, 2.24) is 15.5 Å². The van der Waals surface area contributed by atoms with E-state index in [1.807, 2.05) is 49.4 Å². The number of aryl methyl sites for hydroxylation is 1. The lowest BCUT2D eigenvalue weighted by molar-refractivity contribution is 0.0948. The maximum atomic E-state index is 12.5. The molecular formula is C23H24N4O. The van der Waals surface area contributed by atoms with Crippen molar-refractivity contribution in [2.75, 3.05) is 24.5 Å². The molecule has 1 atom stereocenters. The van der Waals surface area contributed by atoms with Crippen molar-refractivity contribution in [3.63, 3.8) is 0 Å². The van der Waals surface area contributed by atoms with E-state index in [0.29, 0.717) is 18.0 Å². The molecule has 1 unspecified atom stereocenters. The van der Waals surface area contributed by atoms with E-state index < -0.39 is 0 Å². The lowest BCUT2D eigenvalue weighted by atomic mass is 10.1. The molecule has 3 aromatic rings. The fourth-order valence-corrected chi connectivity index (χ4v) is 3.56. The molecule has 0 saturated carbocycles. The van der Waals surface area contributed by atoms with Gasteiger partial charge in [0.05, 0.1) is 11.4 Å². The first kappa shape index (κ1) is 18.2. The van der Waals surface area contributed by atoms with Crippen molar-refractivity contribution in [1.29, 1.82) is 0 Å². The van der Waals surface area contributed by atoms with Crippen molar-refractivity contribution >= 4 is 11.6 Å². The normalized spacial score (nSPS) is 16.2. The first-order valence-electron chi connectivity index (χ1n) is 9.68. The Morgan fingerprint density at radius 3 is 2.54 bits per heavy atom. The summed E-state index contributed by atoms with van der Waals surface area (Å²) in [6, 6.07) is 21.8. The van der Waals surface area contributed by atoms with E-state index >= 15 is 0 Å². The number of benzene rings is 2. The second kappa shape index (κ2) is 8.21.